The fourth-order valence-electron chi connectivity index (χ4n) is 2.60. The smallest absolute Gasteiger partial charge is 0.0701 e. The molecule has 0 amide bonds. The zero-order valence-electron chi connectivity index (χ0n) is 14.6. The van der Waals surface area contributed by atoms with Gasteiger partial charge in [0, 0.05) is 38.3 Å². The molecule has 134 valence electrons. The molecule has 4 nitrogen and oxygen atoms in total. The van der Waals surface area contributed by atoms with E-state index >= 15 is 0 Å². The van der Waals surface area contributed by atoms with E-state index in [2.05, 4.69) is 37.9 Å². The van der Waals surface area contributed by atoms with E-state index in [4.69, 9.17) is 9.47 Å². The molecule has 1 aliphatic heterocycles. The summed E-state index contributed by atoms with van der Waals surface area (Å²) in [6.45, 7) is 15.5. The third-order valence-corrected chi connectivity index (χ3v) is 3.77. The number of nitrogens with one attached hydrogen (secondary N) is 1. The predicted molar refractivity (Wildman–Crippen MR) is 95.6 cm³/mol. The van der Waals surface area contributed by atoms with Crippen molar-refractivity contribution < 1.29 is 9.47 Å². The molecule has 1 saturated heterocycles. The van der Waals surface area contributed by atoms with Crippen molar-refractivity contribution in [2.24, 2.45) is 5.92 Å². The van der Waals surface area contributed by atoms with Crippen LogP contribution in [0.25, 0.3) is 0 Å². The average Bonchev–Trinajstić information content (AvgIpc) is 2.36. The molecular formula is C18H40N2O2. The minimum atomic E-state index is 0. The Bertz CT molecular complexity index is 241. The van der Waals surface area contributed by atoms with Crippen LogP contribution >= 0.6 is 0 Å². The van der Waals surface area contributed by atoms with Crippen LogP contribution in [0, 0.1) is 5.92 Å². The van der Waals surface area contributed by atoms with Crippen molar-refractivity contribution in [3.05, 3.63) is 0 Å². The van der Waals surface area contributed by atoms with Crippen LogP contribution in [0.5, 0.6) is 0 Å². The second kappa shape index (κ2) is 13.3. The summed E-state index contributed by atoms with van der Waals surface area (Å²) in [5.41, 5.74) is 0. The molecule has 0 atom stereocenters. The third kappa shape index (κ3) is 11.4. The molecule has 4 heteroatoms. The lowest BCUT2D eigenvalue weighted by Gasteiger charge is -2.40. The van der Waals surface area contributed by atoms with Gasteiger partial charge in [-0.15, -0.1) is 0 Å². The first-order valence-corrected chi connectivity index (χ1v) is 8.71. The van der Waals surface area contributed by atoms with Crippen LogP contribution < -0.4 is 5.32 Å². The number of hydrogen-bond acceptors (Lipinski definition) is 4. The zero-order valence-corrected chi connectivity index (χ0v) is 14.6. The molecule has 0 spiro atoms. The number of nitrogens with zero attached hydrogens (tertiary/aromatic N) is 1. The van der Waals surface area contributed by atoms with E-state index in [0.717, 1.165) is 52.0 Å². The van der Waals surface area contributed by atoms with Gasteiger partial charge < -0.3 is 14.8 Å². The second-order valence-electron chi connectivity index (χ2n) is 6.89. The maximum Gasteiger partial charge on any atom is 0.0701 e. The minimum absolute atomic E-state index is 0. The van der Waals surface area contributed by atoms with Gasteiger partial charge in [0.15, 0.2) is 0 Å². The first kappa shape index (κ1) is 21.8. The van der Waals surface area contributed by atoms with Gasteiger partial charge in [-0.2, -0.15) is 0 Å². The van der Waals surface area contributed by atoms with Gasteiger partial charge in [-0.05, 0) is 12.3 Å². The largest absolute Gasteiger partial charge is 0.379 e. The lowest BCUT2D eigenvalue weighted by atomic mass is 10.1. The van der Waals surface area contributed by atoms with Crippen LogP contribution in [-0.4, -0.2) is 63.0 Å². The lowest BCUT2D eigenvalue weighted by Crippen LogP contribution is -2.59. The molecule has 0 unspecified atom stereocenters. The Morgan fingerprint density at radius 1 is 0.955 bits per heavy atom. The molecule has 0 aromatic rings. The van der Waals surface area contributed by atoms with Crippen LogP contribution in [0.3, 0.4) is 0 Å². The molecule has 0 radical (unpaired) electrons. The Labute approximate surface area is 138 Å². The number of unbranched alkanes of at least 4 members (excludes halogenated alkanes) is 1. The Balaban J connectivity index is 0.00000441. The Morgan fingerprint density at radius 2 is 1.59 bits per heavy atom. The molecule has 1 N–H and O–H groups in total. The molecule has 0 aliphatic carbocycles. The standard InChI is InChI=1S/C17H36N2O2.CH4/c1-15(2)7-5-6-9-20-11-12-21-10-8-19-13-17(14-19)18-16(3)4;/h15-18H,5-14H2,1-4H3;1H4. The fraction of sp³-hybridized carbons (Fsp3) is 1.00. The molecule has 0 aromatic carbocycles. The first-order chi connectivity index (χ1) is 10.1. The van der Waals surface area contributed by atoms with E-state index in [9.17, 15) is 0 Å². The summed E-state index contributed by atoms with van der Waals surface area (Å²) in [6, 6.07) is 1.27. The van der Waals surface area contributed by atoms with Gasteiger partial charge in [0.1, 0.15) is 0 Å². The van der Waals surface area contributed by atoms with Gasteiger partial charge >= 0.3 is 0 Å². The highest BCUT2D eigenvalue weighted by atomic mass is 16.5. The maximum atomic E-state index is 5.61. The van der Waals surface area contributed by atoms with E-state index in [-0.39, 0.29) is 7.43 Å². The van der Waals surface area contributed by atoms with Gasteiger partial charge in [0.25, 0.3) is 0 Å². The van der Waals surface area contributed by atoms with Crippen molar-refractivity contribution in [3.63, 3.8) is 0 Å². The van der Waals surface area contributed by atoms with E-state index in [1.165, 1.54) is 19.3 Å². The van der Waals surface area contributed by atoms with Crippen LogP contribution in [0.1, 0.15) is 54.4 Å². The molecule has 1 rings (SSSR count). The fourth-order valence-corrected chi connectivity index (χ4v) is 2.60. The molecule has 1 aliphatic rings. The summed E-state index contributed by atoms with van der Waals surface area (Å²) < 4.78 is 11.2. The highest BCUT2D eigenvalue weighted by molar-refractivity contribution is 4.86. The SMILES string of the molecule is C.CC(C)CCCCOCCOCCN1CC(NC(C)C)C1. The molecule has 22 heavy (non-hydrogen) atoms. The van der Waals surface area contributed by atoms with Crippen LogP contribution in [0.4, 0.5) is 0 Å². The average molecular weight is 317 g/mol. The number of likely N-dealkylation sites (tertiary alicyclic amines) is 1. The van der Waals surface area contributed by atoms with Crippen LogP contribution in [0.2, 0.25) is 0 Å². The normalized spacial score (nSPS) is 16.1. The van der Waals surface area contributed by atoms with Crippen molar-refractivity contribution in [2.75, 3.05) is 46.1 Å². The summed E-state index contributed by atoms with van der Waals surface area (Å²) in [6.07, 6.45) is 3.76. The number of ether oxygens (including phenoxy) is 2. The summed E-state index contributed by atoms with van der Waals surface area (Å²) >= 11 is 0. The predicted octanol–water partition coefficient (Wildman–Crippen LogP) is 3.16. The second-order valence-corrected chi connectivity index (χ2v) is 6.89. The summed E-state index contributed by atoms with van der Waals surface area (Å²) in [7, 11) is 0. The van der Waals surface area contributed by atoms with E-state index < -0.39 is 0 Å². The third-order valence-electron chi connectivity index (χ3n) is 3.77. The van der Waals surface area contributed by atoms with Gasteiger partial charge in [-0.25, -0.2) is 0 Å². The van der Waals surface area contributed by atoms with Crippen molar-refractivity contribution in [3.8, 4) is 0 Å². The Kier molecular flexibility index (Phi) is 13.2. The monoisotopic (exact) mass is 316 g/mol. The minimum Gasteiger partial charge on any atom is -0.379 e. The summed E-state index contributed by atoms with van der Waals surface area (Å²) in [5, 5.41) is 3.55. The first-order valence-electron chi connectivity index (χ1n) is 8.71. The van der Waals surface area contributed by atoms with Crippen molar-refractivity contribution in [1.82, 2.24) is 10.2 Å². The zero-order chi connectivity index (χ0) is 15.5. The van der Waals surface area contributed by atoms with Crippen molar-refractivity contribution in [2.45, 2.75) is 66.5 Å². The van der Waals surface area contributed by atoms with Crippen molar-refractivity contribution in [1.29, 1.82) is 0 Å². The molecule has 0 bridgehead atoms. The van der Waals surface area contributed by atoms with Crippen molar-refractivity contribution >= 4 is 0 Å². The van der Waals surface area contributed by atoms with E-state index in [0.29, 0.717) is 12.1 Å². The molecule has 0 saturated carbocycles. The van der Waals surface area contributed by atoms with Crippen LogP contribution in [-0.2, 0) is 9.47 Å². The number of rotatable bonds is 13. The summed E-state index contributed by atoms with van der Waals surface area (Å²) in [4.78, 5) is 2.44. The van der Waals surface area contributed by atoms with Gasteiger partial charge in [0.05, 0.1) is 19.8 Å². The van der Waals surface area contributed by atoms with E-state index in [1.807, 2.05) is 0 Å². The maximum absolute atomic E-state index is 5.61. The van der Waals surface area contributed by atoms with Crippen LogP contribution in [0.15, 0.2) is 0 Å². The number of hydrogen-bond donors (Lipinski definition) is 1. The molecular weight excluding hydrogens is 276 g/mol. The summed E-state index contributed by atoms with van der Waals surface area (Å²) in [5.74, 6) is 0.810. The van der Waals surface area contributed by atoms with Gasteiger partial charge in [0.2, 0.25) is 0 Å². The Morgan fingerprint density at radius 3 is 2.18 bits per heavy atom. The molecule has 1 heterocycles. The molecule has 0 aromatic heterocycles. The highest BCUT2D eigenvalue weighted by Gasteiger charge is 2.25. The topological polar surface area (TPSA) is 33.7 Å². The Hall–Kier alpha value is -0.160. The quantitative estimate of drug-likeness (QED) is 0.529. The molecule has 1 fully saturated rings. The van der Waals surface area contributed by atoms with Gasteiger partial charge in [-0.1, -0.05) is 48.0 Å². The lowest BCUT2D eigenvalue weighted by molar-refractivity contribution is 0.0233. The highest BCUT2D eigenvalue weighted by Crippen LogP contribution is 2.08. The van der Waals surface area contributed by atoms with E-state index in [1.54, 1.807) is 0 Å². The van der Waals surface area contributed by atoms with Gasteiger partial charge in [-0.3, -0.25) is 4.90 Å².